The summed E-state index contributed by atoms with van der Waals surface area (Å²) in [5.74, 6) is -0.0808. The SMILES string of the molecule is CN(C)C(=O)c1cccc(-c2ccccc2)n1. The first-order chi connectivity index (χ1) is 8.18. The number of amides is 1. The molecule has 1 aromatic carbocycles. The molecule has 0 saturated heterocycles. The van der Waals surface area contributed by atoms with Crippen molar-refractivity contribution in [1.29, 1.82) is 0 Å². The van der Waals surface area contributed by atoms with Crippen LogP contribution in [0, 0.1) is 0 Å². The molecule has 0 spiro atoms. The molecule has 3 nitrogen and oxygen atoms in total. The van der Waals surface area contributed by atoms with E-state index in [0.29, 0.717) is 5.69 Å². The van der Waals surface area contributed by atoms with E-state index in [1.807, 2.05) is 42.5 Å². The predicted octanol–water partition coefficient (Wildman–Crippen LogP) is 2.45. The Balaban J connectivity index is 2.39. The van der Waals surface area contributed by atoms with Crippen LogP contribution in [0.15, 0.2) is 48.5 Å². The second kappa shape index (κ2) is 4.78. The van der Waals surface area contributed by atoms with Gasteiger partial charge in [0.1, 0.15) is 5.69 Å². The van der Waals surface area contributed by atoms with E-state index in [1.54, 1.807) is 20.2 Å². The molecule has 0 radical (unpaired) electrons. The lowest BCUT2D eigenvalue weighted by atomic mass is 10.1. The monoisotopic (exact) mass is 226 g/mol. The fourth-order valence-electron chi connectivity index (χ4n) is 1.55. The van der Waals surface area contributed by atoms with Crippen molar-refractivity contribution >= 4 is 5.91 Å². The third kappa shape index (κ3) is 2.50. The van der Waals surface area contributed by atoms with Crippen molar-refractivity contribution in [3.63, 3.8) is 0 Å². The second-order valence-electron chi connectivity index (χ2n) is 3.97. The Labute approximate surface area is 101 Å². The summed E-state index contributed by atoms with van der Waals surface area (Å²) in [5, 5.41) is 0. The number of carbonyl (C=O) groups excluding carboxylic acids is 1. The van der Waals surface area contributed by atoms with Crippen LogP contribution < -0.4 is 0 Å². The zero-order valence-electron chi connectivity index (χ0n) is 9.92. The fourth-order valence-corrected chi connectivity index (χ4v) is 1.55. The van der Waals surface area contributed by atoms with Gasteiger partial charge >= 0.3 is 0 Å². The highest BCUT2D eigenvalue weighted by Crippen LogP contribution is 2.16. The van der Waals surface area contributed by atoms with Gasteiger partial charge in [0, 0.05) is 19.7 Å². The minimum absolute atomic E-state index is 0.0808. The first kappa shape index (κ1) is 11.3. The lowest BCUT2D eigenvalue weighted by molar-refractivity contribution is 0.0822. The van der Waals surface area contributed by atoms with Gasteiger partial charge in [-0.3, -0.25) is 4.79 Å². The first-order valence-corrected chi connectivity index (χ1v) is 5.42. The topological polar surface area (TPSA) is 33.2 Å². The molecule has 1 heterocycles. The molecule has 86 valence electrons. The molecule has 0 bridgehead atoms. The number of benzene rings is 1. The third-order valence-corrected chi connectivity index (χ3v) is 2.44. The summed E-state index contributed by atoms with van der Waals surface area (Å²) in [6, 6.07) is 15.3. The van der Waals surface area contributed by atoms with Crippen molar-refractivity contribution in [2.45, 2.75) is 0 Å². The van der Waals surface area contributed by atoms with Gasteiger partial charge in [-0.05, 0) is 12.1 Å². The Morgan fingerprint density at radius 3 is 2.35 bits per heavy atom. The molecule has 0 fully saturated rings. The Hall–Kier alpha value is -2.16. The van der Waals surface area contributed by atoms with Crippen LogP contribution in [0.5, 0.6) is 0 Å². The molecule has 3 heteroatoms. The molecule has 0 N–H and O–H groups in total. The van der Waals surface area contributed by atoms with Crippen molar-refractivity contribution in [1.82, 2.24) is 9.88 Å². The van der Waals surface area contributed by atoms with Crippen LogP contribution in [-0.2, 0) is 0 Å². The summed E-state index contributed by atoms with van der Waals surface area (Å²) in [5.41, 5.74) is 2.30. The largest absolute Gasteiger partial charge is 0.343 e. The van der Waals surface area contributed by atoms with Gasteiger partial charge < -0.3 is 4.90 Å². The van der Waals surface area contributed by atoms with E-state index in [9.17, 15) is 4.79 Å². The summed E-state index contributed by atoms with van der Waals surface area (Å²) in [7, 11) is 3.44. The maximum Gasteiger partial charge on any atom is 0.271 e. The second-order valence-corrected chi connectivity index (χ2v) is 3.97. The van der Waals surface area contributed by atoms with Gasteiger partial charge in [-0.1, -0.05) is 36.4 Å². The van der Waals surface area contributed by atoms with Gasteiger partial charge in [0.05, 0.1) is 5.69 Å². The fraction of sp³-hybridized carbons (Fsp3) is 0.143. The highest BCUT2D eigenvalue weighted by Gasteiger charge is 2.10. The summed E-state index contributed by atoms with van der Waals surface area (Å²) < 4.78 is 0. The van der Waals surface area contributed by atoms with Gasteiger partial charge in [0.2, 0.25) is 0 Å². The third-order valence-electron chi connectivity index (χ3n) is 2.44. The lowest BCUT2D eigenvalue weighted by Crippen LogP contribution is -2.22. The standard InChI is InChI=1S/C14H14N2O/c1-16(2)14(17)13-10-6-9-12(15-13)11-7-4-3-5-8-11/h3-10H,1-2H3. The molecule has 1 aromatic heterocycles. The van der Waals surface area contributed by atoms with Gasteiger partial charge in [0.25, 0.3) is 5.91 Å². The van der Waals surface area contributed by atoms with Crippen LogP contribution in [0.4, 0.5) is 0 Å². The summed E-state index contributed by atoms with van der Waals surface area (Å²) >= 11 is 0. The van der Waals surface area contributed by atoms with Crippen molar-refractivity contribution in [2.75, 3.05) is 14.1 Å². The molecule has 0 unspecified atom stereocenters. The van der Waals surface area contributed by atoms with E-state index in [1.165, 1.54) is 4.90 Å². The molecule has 0 saturated carbocycles. The summed E-state index contributed by atoms with van der Waals surface area (Å²) in [6.45, 7) is 0. The molecule has 0 aliphatic heterocycles. The molecule has 0 atom stereocenters. The molecule has 2 aromatic rings. The van der Waals surface area contributed by atoms with Crippen LogP contribution in [0.25, 0.3) is 11.3 Å². The number of nitrogens with zero attached hydrogens (tertiary/aromatic N) is 2. The summed E-state index contributed by atoms with van der Waals surface area (Å²) in [6.07, 6.45) is 0. The maximum absolute atomic E-state index is 11.8. The number of carbonyl (C=O) groups is 1. The normalized spacial score (nSPS) is 10.0. The number of aromatic nitrogens is 1. The van der Waals surface area contributed by atoms with E-state index >= 15 is 0 Å². The molecule has 0 aliphatic rings. The van der Waals surface area contributed by atoms with Crippen LogP contribution in [0.2, 0.25) is 0 Å². The van der Waals surface area contributed by atoms with Crippen molar-refractivity contribution in [2.24, 2.45) is 0 Å². The average Bonchev–Trinajstić information content (AvgIpc) is 2.39. The Morgan fingerprint density at radius 2 is 1.71 bits per heavy atom. The lowest BCUT2D eigenvalue weighted by Gasteiger charge is -2.10. The zero-order chi connectivity index (χ0) is 12.3. The van der Waals surface area contributed by atoms with Crippen LogP contribution in [0.1, 0.15) is 10.5 Å². The van der Waals surface area contributed by atoms with E-state index in [0.717, 1.165) is 11.3 Å². The molecule has 2 rings (SSSR count). The van der Waals surface area contributed by atoms with Crippen molar-refractivity contribution < 1.29 is 4.79 Å². The van der Waals surface area contributed by atoms with Gasteiger partial charge in [-0.25, -0.2) is 4.98 Å². The molecule has 17 heavy (non-hydrogen) atoms. The molecule has 1 amide bonds. The molecule has 0 aliphatic carbocycles. The quantitative estimate of drug-likeness (QED) is 0.788. The van der Waals surface area contributed by atoms with Crippen molar-refractivity contribution in [3.8, 4) is 11.3 Å². The highest BCUT2D eigenvalue weighted by molar-refractivity contribution is 5.92. The van der Waals surface area contributed by atoms with E-state index in [2.05, 4.69) is 4.98 Å². The van der Waals surface area contributed by atoms with Gasteiger partial charge in [0.15, 0.2) is 0 Å². The van der Waals surface area contributed by atoms with Gasteiger partial charge in [-0.15, -0.1) is 0 Å². The smallest absolute Gasteiger partial charge is 0.271 e. The Kier molecular flexibility index (Phi) is 3.19. The average molecular weight is 226 g/mol. The van der Waals surface area contributed by atoms with Crippen molar-refractivity contribution in [3.05, 3.63) is 54.2 Å². The van der Waals surface area contributed by atoms with Crippen LogP contribution in [-0.4, -0.2) is 29.9 Å². The van der Waals surface area contributed by atoms with E-state index in [-0.39, 0.29) is 5.91 Å². The first-order valence-electron chi connectivity index (χ1n) is 5.42. The highest BCUT2D eigenvalue weighted by atomic mass is 16.2. The predicted molar refractivity (Wildman–Crippen MR) is 67.7 cm³/mol. The Bertz CT molecular complexity index is 521. The Morgan fingerprint density at radius 1 is 1.00 bits per heavy atom. The maximum atomic E-state index is 11.8. The van der Waals surface area contributed by atoms with Crippen LogP contribution in [0.3, 0.4) is 0 Å². The number of pyridine rings is 1. The molecular formula is C14H14N2O. The van der Waals surface area contributed by atoms with E-state index in [4.69, 9.17) is 0 Å². The number of hydrogen-bond donors (Lipinski definition) is 0. The minimum Gasteiger partial charge on any atom is -0.343 e. The van der Waals surface area contributed by atoms with E-state index < -0.39 is 0 Å². The number of hydrogen-bond acceptors (Lipinski definition) is 2. The summed E-state index contributed by atoms with van der Waals surface area (Å²) in [4.78, 5) is 17.7. The zero-order valence-corrected chi connectivity index (χ0v) is 9.92. The minimum atomic E-state index is -0.0808. The molecular weight excluding hydrogens is 212 g/mol. The number of rotatable bonds is 2. The van der Waals surface area contributed by atoms with Gasteiger partial charge in [-0.2, -0.15) is 0 Å². The van der Waals surface area contributed by atoms with Crippen LogP contribution >= 0.6 is 0 Å².